The van der Waals surface area contributed by atoms with Gasteiger partial charge in [-0.2, -0.15) is 0 Å². The number of fused-ring (bicyclic) bond motifs is 6. The third-order valence-corrected chi connectivity index (χ3v) is 13.0. The number of para-hydroxylation sites is 3. The summed E-state index contributed by atoms with van der Waals surface area (Å²) in [5.74, 6) is 0. The molecule has 0 fully saturated rings. The Morgan fingerprint density at radius 2 is 0.794 bits per heavy atom. The molecule has 1 aromatic heterocycles. The summed E-state index contributed by atoms with van der Waals surface area (Å²) in [4.78, 5) is 2.47. The topological polar surface area (TPSA) is 16.4 Å². The summed E-state index contributed by atoms with van der Waals surface area (Å²) < 4.78 is 6.71. The zero-order valence-corrected chi connectivity index (χ0v) is 34.5. The molecule has 2 nitrogen and oxygen atoms in total. The van der Waals surface area contributed by atoms with Crippen molar-refractivity contribution in [1.29, 1.82) is 0 Å². The van der Waals surface area contributed by atoms with Gasteiger partial charge in [-0.15, -0.1) is 0 Å². The van der Waals surface area contributed by atoms with Gasteiger partial charge in [0.25, 0.3) is 0 Å². The lowest BCUT2D eigenvalue weighted by molar-refractivity contribution is 0.670. The van der Waals surface area contributed by atoms with Crippen LogP contribution in [0.25, 0.3) is 66.4 Å². The van der Waals surface area contributed by atoms with Crippen molar-refractivity contribution < 1.29 is 4.42 Å². The summed E-state index contributed by atoms with van der Waals surface area (Å²) >= 11 is 0. The van der Waals surface area contributed by atoms with E-state index >= 15 is 0 Å². The molecule has 0 aliphatic heterocycles. The maximum Gasteiger partial charge on any atom is 0.143 e. The molecule has 0 unspecified atom stereocenters. The second-order valence-electron chi connectivity index (χ2n) is 16.4. The first-order valence-corrected chi connectivity index (χ1v) is 21.7. The zero-order chi connectivity index (χ0) is 41.7. The number of anilines is 3. The minimum absolute atomic E-state index is 0.536. The Bertz CT molecular complexity index is 3380. The SMILES string of the molecule is c1ccc(-c2ccc(-c3ccc(N(c4ccccc4-c4cccc5c4oc4ccccc45)c4cccc5c4-c4ccccc4C5(c4ccccc4)c4ccccc4)cc3)cc2)cc1. The van der Waals surface area contributed by atoms with Crippen molar-refractivity contribution in [1.82, 2.24) is 0 Å². The zero-order valence-electron chi connectivity index (χ0n) is 34.5. The van der Waals surface area contributed by atoms with Crippen molar-refractivity contribution in [3.63, 3.8) is 0 Å². The predicted molar refractivity (Wildman–Crippen MR) is 262 cm³/mol. The molecule has 296 valence electrons. The monoisotopic (exact) mass is 803 g/mol. The van der Waals surface area contributed by atoms with Gasteiger partial charge in [0, 0.05) is 33.2 Å². The van der Waals surface area contributed by atoms with Gasteiger partial charge in [0.2, 0.25) is 0 Å². The average Bonchev–Trinajstić information content (AvgIpc) is 3.90. The quantitative estimate of drug-likeness (QED) is 0.152. The molecule has 0 spiro atoms. The van der Waals surface area contributed by atoms with Crippen LogP contribution in [-0.2, 0) is 5.41 Å². The molecule has 0 radical (unpaired) electrons. The van der Waals surface area contributed by atoms with E-state index in [1.54, 1.807) is 0 Å². The lowest BCUT2D eigenvalue weighted by atomic mass is 9.68. The smallest absolute Gasteiger partial charge is 0.143 e. The maximum atomic E-state index is 6.71. The van der Waals surface area contributed by atoms with Crippen molar-refractivity contribution in [2.45, 2.75) is 5.41 Å². The van der Waals surface area contributed by atoms with E-state index in [1.165, 1.54) is 50.1 Å². The van der Waals surface area contributed by atoms with Crippen LogP contribution >= 0.6 is 0 Å². The van der Waals surface area contributed by atoms with E-state index in [0.29, 0.717) is 0 Å². The van der Waals surface area contributed by atoms with Crippen LogP contribution in [0.5, 0.6) is 0 Å². The summed E-state index contributed by atoms with van der Waals surface area (Å²) in [6.45, 7) is 0. The number of furan rings is 1. The van der Waals surface area contributed by atoms with Gasteiger partial charge in [-0.1, -0.05) is 218 Å². The molecule has 12 rings (SSSR count). The molecule has 2 heteroatoms. The van der Waals surface area contributed by atoms with E-state index in [2.05, 4.69) is 248 Å². The Morgan fingerprint density at radius 1 is 0.317 bits per heavy atom. The Hall–Kier alpha value is -8.20. The van der Waals surface area contributed by atoms with Crippen LogP contribution in [0.1, 0.15) is 22.3 Å². The fourth-order valence-corrected chi connectivity index (χ4v) is 10.2. The van der Waals surface area contributed by atoms with E-state index in [4.69, 9.17) is 4.42 Å². The van der Waals surface area contributed by atoms with Gasteiger partial charge in [0.05, 0.1) is 16.8 Å². The number of rotatable bonds is 8. The van der Waals surface area contributed by atoms with Crippen molar-refractivity contribution >= 4 is 39.0 Å². The molecule has 0 bridgehead atoms. The number of hydrogen-bond acceptors (Lipinski definition) is 2. The molecular formula is C61H41NO. The first kappa shape index (κ1) is 36.6. The average molecular weight is 804 g/mol. The van der Waals surface area contributed by atoms with Crippen LogP contribution in [0, 0.1) is 0 Å². The van der Waals surface area contributed by atoms with E-state index < -0.39 is 5.41 Å². The normalized spacial score (nSPS) is 12.6. The fraction of sp³-hybridized carbons (Fsp3) is 0.0164. The molecular weight excluding hydrogens is 763 g/mol. The molecule has 1 aliphatic carbocycles. The summed E-state index contributed by atoms with van der Waals surface area (Å²) in [6.07, 6.45) is 0. The predicted octanol–water partition coefficient (Wildman–Crippen LogP) is 16.4. The van der Waals surface area contributed by atoms with Gasteiger partial charge in [-0.3, -0.25) is 0 Å². The van der Waals surface area contributed by atoms with Crippen LogP contribution in [-0.4, -0.2) is 0 Å². The van der Waals surface area contributed by atoms with Crippen LogP contribution in [0.3, 0.4) is 0 Å². The third kappa shape index (κ3) is 5.87. The van der Waals surface area contributed by atoms with Gasteiger partial charge in [-0.05, 0) is 80.4 Å². The molecule has 0 amide bonds. The Morgan fingerprint density at radius 3 is 1.49 bits per heavy atom. The van der Waals surface area contributed by atoms with Crippen LogP contribution in [0.15, 0.2) is 253 Å². The Labute approximate surface area is 367 Å². The minimum Gasteiger partial charge on any atom is -0.455 e. The van der Waals surface area contributed by atoms with E-state index in [1.807, 2.05) is 6.07 Å². The second-order valence-corrected chi connectivity index (χ2v) is 16.4. The van der Waals surface area contributed by atoms with Crippen molar-refractivity contribution in [2.24, 2.45) is 0 Å². The number of nitrogens with zero attached hydrogens (tertiary/aromatic N) is 1. The second kappa shape index (κ2) is 15.1. The van der Waals surface area contributed by atoms with Gasteiger partial charge in [-0.25, -0.2) is 0 Å². The lowest BCUT2D eigenvalue weighted by Crippen LogP contribution is -2.28. The van der Waals surface area contributed by atoms with Gasteiger partial charge >= 0.3 is 0 Å². The van der Waals surface area contributed by atoms with E-state index in [0.717, 1.165) is 55.7 Å². The van der Waals surface area contributed by atoms with Gasteiger partial charge in [0.1, 0.15) is 11.2 Å². The summed E-state index contributed by atoms with van der Waals surface area (Å²) in [6, 6.07) is 90.2. The van der Waals surface area contributed by atoms with Gasteiger partial charge < -0.3 is 9.32 Å². The Kier molecular flexibility index (Phi) is 8.76. The number of benzene rings is 10. The third-order valence-electron chi connectivity index (χ3n) is 13.0. The minimum atomic E-state index is -0.536. The molecule has 0 saturated heterocycles. The maximum absolute atomic E-state index is 6.71. The molecule has 0 atom stereocenters. The Balaban J connectivity index is 1.10. The first-order valence-electron chi connectivity index (χ1n) is 21.7. The highest BCUT2D eigenvalue weighted by molar-refractivity contribution is 6.11. The van der Waals surface area contributed by atoms with Crippen LogP contribution < -0.4 is 4.90 Å². The molecule has 1 heterocycles. The molecule has 63 heavy (non-hydrogen) atoms. The van der Waals surface area contributed by atoms with Crippen molar-refractivity contribution in [3.8, 4) is 44.5 Å². The lowest BCUT2D eigenvalue weighted by Gasteiger charge is -2.34. The van der Waals surface area contributed by atoms with Crippen molar-refractivity contribution in [2.75, 3.05) is 4.90 Å². The standard InChI is InChI=1S/C61H41NO/c1-4-18-42(19-5-1)43-34-36-44(37-35-43)45-38-40-48(41-39-45)62(56-31-14-11-24-49(56)51-27-16-28-52-50-25-12-15-33-58(50)63-60(51)52)57-32-17-30-55-59(57)53-26-10-13-29-54(53)61(55,46-20-6-2-7-21-46)47-22-8-3-9-23-47/h1-41H. The summed E-state index contributed by atoms with van der Waals surface area (Å²) in [5.41, 5.74) is 18.8. The highest BCUT2D eigenvalue weighted by Gasteiger charge is 2.47. The molecule has 10 aromatic carbocycles. The van der Waals surface area contributed by atoms with E-state index in [-0.39, 0.29) is 0 Å². The molecule has 0 N–H and O–H groups in total. The number of hydrogen-bond donors (Lipinski definition) is 0. The van der Waals surface area contributed by atoms with Crippen LogP contribution in [0.2, 0.25) is 0 Å². The highest BCUT2D eigenvalue weighted by Crippen LogP contribution is 2.60. The largest absolute Gasteiger partial charge is 0.455 e. The summed E-state index contributed by atoms with van der Waals surface area (Å²) in [5, 5.41) is 2.23. The molecule has 1 aliphatic rings. The molecule has 11 aromatic rings. The summed E-state index contributed by atoms with van der Waals surface area (Å²) in [7, 11) is 0. The van der Waals surface area contributed by atoms with Gasteiger partial charge in [0.15, 0.2) is 0 Å². The first-order chi connectivity index (χ1) is 31.3. The highest BCUT2D eigenvalue weighted by atomic mass is 16.3. The fourth-order valence-electron chi connectivity index (χ4n) is 10.2. The molecule has 0 saturated carbocycles. The van der Waals surface area contributed by atoms with Crippen LogP contribution in [0.4, 0.5) is 17.1 Å². The van der Waals surface area contributed by atoms with E-state index in [9.17, 15) is 0 Å². The van der Waals surface area contributed by atoms with Crippen molar-refractivity contribution in [3.05, 3.63) is 271 Å².